The molecule has 2 aromatic rings. The maximum atomic E-state index is 13.6. The number of hydrogen-bond donors (Lipinski definition) is 2. The molecule has 28 heavy (non-hydrogen) atoms. The fraction of sp³-hybridized carbons (Fsp3) is 0.381. The highest BCUT2D eigenvalue weighted by atomic mass is 19.2. The summed E-state index contributed by atoms with van der Waals surface area (Å²) >= 11 is 0. The Hall–Kier alpha value is -2.67. The molecule has 0 saturated carbocycles. The summed E-state index contributed by atoms with van der Waals surface area (Å²) in [6.45, 7) is 3.66. The number of rotatable bonds is 7. The van der Waals surface area contributed by atoms with Crippen molar-refractivity contribution in [2.75, 3.05) is 26.3 Å². The quantitative estimate of drug-likeness (QED) is 0.763. The lowest BCUT2D eigenvalue weighted by Gasteiger charge is -2.33. The minimum atomic E-state index is -0.875. The Kier molecular flexibility index (Phi) is 6.81. The van der Waals surface area contributed by atoms with Gasteiger partial charge in [-0.1, -0.05) is 6.07 Å². The zero-order valence-electron chi connectivity index (χ0n) is 15.7. The first kappa shape index (κ1) is 20.1. The first-order valence-corrected chi connectivity index (χ1v) is 9.37. The van der Waals surface area contributed by atoms with Crippen LogP contribution in [-0.4, -0.2) is 38.3 Å². The van der Waals surface area contributed by atoms with Crippen molar-refractivity contribution in [1.29, 1.82) is 0 Å². The molecule has 150 valence electrons. The van der Waals surface area contributed by atoms with Crippen LogP contribution in [0, 0.1) is 11.6 Å². The van der Waals surface area contributed by atoms with Gasteiger partial charge < -0.3 is 20.1 Å². The molecule has 0 aromatic heterocycles. The molecule has 2 aromatic carbocycles. The fourth-order valence-corrected chi connectivity index (χ4v) is 3.35. The lowest BCUT2D eigenvalue weighted by Crippen LogP contribution is -2.51. The molecule has 2 atom stereocenters. The summed E-state index contributed by atoms with van der Waals surface area (Å²) in [5.74, 6) is -0.803. The summed E-state index contributed by atoms with van der Waals surface area (Å²) in [5, 5.41) is 6.16. The molecule has 0 aliphatic carbocycles. The molecular formula is C21H24F2N2O3. The Labute approximate surface area is 163 Å². The number of halogens is 2. The van der Waals surface area contributed by atoms with Crippen LogP contribution >= 0.6 is 0 Å². The molecule has 1 aliphatic heterocycles. The topological polar surface area (TPSA) is 59.6 Å². The number of piperidine rings is 1. The standard InChI is InChI=1S/C21H24F2N2O3/c1-2-27-15-4-6-16(7-5-15)28-13-21(26)25-20-12-24-10-9-17(20)14-3-8-18(22)19(23)11-14/h3-8,11,17,20,24H,2,9-10,12-13H2,1H3,(H,25,26). The summed E-state index contributed by atoms with van der Waals surface area (Å²) in [4.78, 5) is 12.3. The highest BCUT2D eigenvalue weighted by Crippen LogP contribution is 2.27. The molecular weight excluding hydrogens is 366 g/mol. The first-order chi connectivity index (χ1) is 13.6. The van der Waals surface area contributed by atoms with Gasteiger partial charge in [0.15, 0.2) is 18.2 Å². The summed E-state index contributed by atoms with van der Waals surface area (Å²) in [7, 11) is 0. The molecule has 0 bridgehead atoms. The molecule has 1 heterocycles. The summed E-state index contributed by atoms with van der Waals surface area (Å²) in [5.41, 5.74) is 0.679. The van der Waals surface area contributed by atoms with Crippen LogP contribution in [0.25, 0.3) is 0 Å². The molecule has 1 aliphatic rings. The van der Waals surface area contributed by atoms with Gasteiger partial charge in [0, 0.05) is 18.5 Å². The van der Waals surface area contributed by atoms with E-state index in [0.717, 1.165) is 24.8 Å². The van der Waals surface area contributed by atoms with Crippen LogP contribution in [0.1, 0.15) is 24.8 Å². The van der Waals surface area contributed by atoms with Crippen LogP contribution < -0.4 is 20.1 Å². The van der Waals surface area contributed by atoms with E-state index in [0.29, 0.717) is 24.5 Å². The molecule has 1 saturated heterocycles. The normalized spacial score (nSPS) is 19.1. The third-order valence-electron chi connectivity index (χ3n) is 4.70. The van der Waals surface area contributed by atoms with E-state index in [2.05, 4.69) is 10.6 Å². The summed E-state index contributed by atoms with van der Waals surface area (Å²) < 4.78 is 37.7. The molecule has 0 radical (unpaired) electrons. The van der Waals surface area contributed by atoms with Crippen LogP contribution in [0.4, 0.5) is 8.78 Å². The van der Waals surface area contributed by atoms with Gasteiger partial charge in [-0.25, -0.2) is 8.78 Å². The van der Waals surface area contributed by atoms with Gasteiger partial charge in [0.2, 0.25) is 0 Å². The van der Waals surface area contributed by atoms with E-state index < -0.39 is 11.6 Å². The first-order valence-electron chi connectivity index (χ1n) is 9.37. The van der Waals surface area contributed by atoms with Crippen molar-refractivity contribution in [2.24, 2.45) is 0 Å². The zero-order chi connectivity index (χ0) is 19.9. The number of benzene rings is 2. The second kappa shape index (κ2) is 9.50. The van der Waals surface area contributed by atoms with Gasteiger partial charge in [-0.15, -0.1) is 0 Å². The van der Waals surface area contributed by atoms with Gasteiger partial charge >= 0.3 is 0 Å². The third kappa shape index (κ3) is 5.19. The van der Waals surface area contributed by atoms with Gasteiger partial charge in [0.25, 0.3) is 5.91 Å². The summed E-state index contributed by atoms with van der Waals surface area (Å²) in [6, 6.07) is 10.7. The van der Waals surface area contributed by atoms with Crippen molar-refractivity contribution in [3.8, 4) is 11.5 Å². The molecule has 3 rings (SSSR count). The lowest BCUT2D eigenvalue weighted by molar-refractivity contribution is -0.124. The van der Waals surface area contributed by atoms with Gasteiger partial charge in [-0.3, -0.25) is 4.79 Å². The monoisotopic (exact) mass is 390 g/mol. The SMILES string of the molecule is CCOc1ccc(OCC(=O)NC2CNCCC2c2ccc(F)c(F)c2)cc1. The number of carbonyl (C=O) groups excluding carboxylic acids is 1. The van der Waals surface area contributed by atoms with Gasteiger partial charge in [0.05, 0.1) is 6.61 Å². The van der Waals surface area contributed by atoms with Gasteiger partial charge in [-0.2, -0.15) is 0 Å². The number of ether oxygens (including phenoxy) is 2. The number of nitrogens with one attached hydrogen (secondary N) is 2. The van der Waals surface area contributed by atoms with Crippen LogP contribution in [0.2, 0.25) is 0 Å². The van der Waals surface area contributed by atoms with E-state index in [9.17, 15) is 13.6 Å². The van der Waals surface area contributed by atoms with Crippen molar-refractivity contribution >= 4 is 5.91 Å². The highest BCUT2D eigenvalue weighted by molar-refractivity contribution is 5.78. The van der Waals surface area contributed by atoms with E-state index in [-0.39, 0.29) is 24.5 Å². The molecule has 2 unspecified atom stereocenters. The second-order valence-corrected chi connectivity index (χ2v) is 6.64. The van der Waals surface area contributed by atoms with Crippen molar-refractivity contribution in [3.05, 3.63) is 59.7 Å². The van der Waals surface area contributed by atoms with Crippen LogP contribution in [-0.2, 0) is 4.79 Å². The van der Waals surface area contributed by atoms with Crippen molar-refractivity contribution in [1.82, 2.24) is 10.6 Å². The molecule has 5 nitrogen and oxygen atoms in total. The Morgan fingerprint density at radius 3 is 2.50 bits per heavy atom. The Morgan fingerprint density at radius 2 is 1.82 bits per heavy atom. The minimum absolute atomic E-state index is 0.0919. The average Bonchev–Trinajstić information content (AvgIpc) is 2.70. The minimum Gasteiger partial charge on any atom is -0.494 e. The molecule has 1 amide bonds. The Morgan fingerprint density at radius 1 is 1.11 bits per heavy atom. The van der Waals surface area contributed by atoms with E-state index in [1.54, 1.807) is 30.3 Å². The smallest absolute Gasteiger partial charge is 0.258 e. The summed E-state index contributed by atoms with van der Waals surface area (Å²) in [6.07, 6.45) is 0.718. The molecule has 2 N–H and O–H groups in total. The largest absolute Gasteiger partial charge is 0.494 e. The molecule has 1 fully saturated rings. The van der Waals surface area contributed by atoms with Crippen molar-refractivity contribution in [3.63, 3.8) is 0 Å². The van der Waals surface area contributed by atoms with Crippen molar-refractivity contribution < 1.29 is 23.0 Å². The average molecular weight is 390 g/mol. The molecule has 7 heteroatoms. The maximum Gasteiger partial charge on any atom is 0.258 e. The van der Waals surface area contributed by atoms with Gasteiger partial charge in [-0.05, 0) is 61.9 Å². The lowest BCUT2D eigenvalue weighted by atomic mass is 9.86. The third-order valence-corrected chi connectivity index (χ3v) is 4.70. The highest BCUT2D eigenvalue weighted by Gasteiger charge is 2.28. The Bertz CT molecular complexity index is 799. The maximum absolute atomic E-state index is 13.6. The molecule has 0 spiro atoms. The van der Waals surface area contributed by atoms with Crippen LogP contribution in [0.15, 0.2) is 42.5 Å². The van der Waals surface area contributed by atoms with Crippen molar-refractivity contribution in [2.45, 2.75) is 25.3 Å². The number of hydrogen-bond acceptors (Lipinski definition) is 4. The predicted molar refractivity (Wildman–Crippen MR) is 102 cm³/mol. The fourth-order valence-electron chi connectivity index (χ4n) is 3.35. The van der Waals surface area contributed by atoms with E-state index >= 15 is 0 Å². The van der Waals surface area contributed by atoms with Gasteiger partial charge in [0.1, 0.15) is 11.5 Å². The van der Waals surface area contributed by atoms with E-state index in [1.807, 2.05) is 6.92 Å². The van der Waals surface area contributed by atoms with Crippen LogP contribution in [0.5, 0.6) is 11.5 Å². The number of carbonyl (C=O) groups is 1. The Balaban J connectivity index is 1.57. The zero-order valence-corrected chi connectivity index (χ0v) is 15.7. The second-order valence-electron chi connectivity index (χ2n) is 6.64. The van der Waals surface area contributed by atoms with E-state index in [4.69, 9.17) is 9.47 Å². The predicted octanol–water partition coefficient (Wildman–Crippen LogP) is 3.00. The van der Waals surface area contributed by atoms with Crippen LogP contribution in [0.3, 0.4) is 0 Å². The van der Waals surface area contributed by atoms with E-state index in [1.165, 1.54) is 6.07 Å². The number of amides is 1.